The second kappa shape index (κ2) is 5.80. The minimum absolute atomic E-state index is 0.273. The smallest absolute Gasteiger partial charge is 0.274 e. The van der Waals surface area contributed by atoms with Gasteiger partial charge in [0.2, 0.25) is 0 Å². The topological polar surface area (TPSA) is 64.7 Å². The third kappa shape index (κ3) is 2.88. The van der Waals surface area contributed by atoms with E-state index in [-0.39, 0.29) is 11.7 Å². The Morgan fingerprint density at radius 3 is 2.82 bits per heavy atom. The van der Waals surface area contributed by atoms with Gasteiger partial charge in [-0.05, 0) is 12.1 Å². The quantitative estimate of drug-likeness (QED) is 0.802. The Bertz CT molecular complexity index is 808. The van der Waals surface area contributed by atoms with E-state index in [1.807, 2.05) is 0 Å². The lowest BCUT2D eigenvalue weighted by molar-refractivity contribution is 0.101. The number of hydrogen-bond donors (Lipinski definition) is 1. The monoisotopic (exact) mass is 299 g/mol. The molecule has 0 saturated heterocycles. The molecule has 0 aliphatic rings. The first-order valence-corrected chi connectivity index (χ1v) is 6.69. The fourth-order valence-electron chi connectivity index (χ4n) is 2.11. The first kappa shape index (κ1) is 14.0. The van der Waals surface area contributed by atoms with Gasteiger partial charge in [-0.25, -0.2) is 4.39 Å². The predicted octanol–water partition coefficient (Wildman–Crippen LogP) is 2.06. The molecule has 6 nitrogen and oxygen atoms in total. The van der Waals surface area contributed by atoms with Crippen LogP contribution in [0, 0.1) is 5.82 Å². The van der Waals surface area contributed by atoms with Crippen LogP contribution >= 0.6 is 0 Å². The lowest BCUT2D eigenvalue weighted by Crippen LogP contribution is -2.15. The third-order valence-electron chi connectivity index (χ3n) is 3.23. The molecule has 0 radical (unpaired) electrons. The van der Waals surface area contributed by atoms with Crippen LogP contribution in [0.3, 0.4) is 0 Å². The maximum atomic E-state index is 13.6. The van der Waals surface area contributed by atoms with Gasteiger partial charge in [0.15, 0.2) is 0 Å². The molecule has 0 aliphatic heterocycles. The maximum Gasteiger partial charge on any atom is 0.274 e. The van der Waals surface area contributed by atoms with E-state index in [4.69, 9.17) is 0 Å². The van der Waals surface area contributed by atoms with Crippen LogP contribution < -0.4 is 5.32 Å². The molecule has 3 rings (SSSR count). The number of hydrogen-bond acceptors (Lipinski definition) is 3. The van der Waals surface area contributed by atoms with Gasteiger partial charge in [0.25, 0.3) is 5.91 Å². The molecule has 0 atom stereocenters. The molecule has 1 N–H and O–H groups in total. The molecule has 7 heteroatoms. The molecule has 112 valence electrons. The molecule has 2 aromatic heterocycles. The summed E-state index contributed by atoms with van der Waals surface area (Å²) in [5, 5.41) is 10.8. The predicted molar refractivity (Wildman–Crippen MR) is 78.9 cm³/mol. The number of nitrogens with zero attached hydrogens (tertiary/aromatic N) is 4. The van der Waals surface area contributed by atoms with Crippen molar-refractivity contribution in [2.75, 3.05) is 5.32 Å². The number of carbonyl (C=O) groups excluding carboxylic acids is 1. The van der Waals surface area contributed by atoms with Crippen molar-refractivity contribution in [1.82, 2.24) is 19.6 Å². The van der Waals surface area contributed by atoms with Gasteiger partial charge in [0, 0.05) is 25.0 Å². The number of halogens is 1. The van der Waals surface area contributed by atoms with E-state index >= 15 is 0 Å². The van der Waals surface area contributed by atoms with E-state index < -0.39 is 0 Å². The lowest BCUT2D eigenvalue weighted by Gasteiger charge is -2.03. The maximum absolute atomic E-state index is 13.6. The Morgan fingerprint density at radius 2 is 2.09 bits per heavy atom. The minimum Gasteiger partial charge on any atom is -0.318 e. The van der Waals surface area contributed by atoms with Crippen molar-refractivity contribution in [2.24, 2.45) is 7.05 Å². The summed E-state index contributed by atoms with van der Waals surface area (Å²) in [4.78, 5) is 12.0. The van der Waals surface area contributed by atoms with Crippen LogP contribution in [0.15, 0.2) is 48.9 Å². The van der Waals surface area contributed by atoms with E-state index in [2.05, 4.69) is 15.5 Å². The normalized spacial score (nSPS) is 10.6. The summed E-state index contributed by atoms with van der Waals surface area (Å²) in [6, 6.07) is 8.14. The molecule has 0 saturated carbocycles. The average Bonchev–Trinajstić information content (AvgIpc) is 3.10. The van der Waals surface area contributed by atoms with Crippen LogP contribution in [0.2, 0.25) is 0 Å². The number of nitrogens with one attached hydrogen (secondary N) is 1. The number of benzene rings is 1. The molecular formula is C15H14FN5O. The van der Waals surface area contributed by atoms with Gasteiger partial charge in [0.1, 0.15) is 11.5 Å². The van der Waals surface area contributed by atoms with E-state index in [0.29, 0.717) is 23.5 Å². The molecule has 1 aromatic carbocycles. The summed E-state index contributed by atoms with van der Waals surface area (Å²) in [6.07, 6.45) is 4.73. The van der Waals surface area contributed by atoms with Gasteiger partial charge in [-0.2, -0.15) is 10.2 Å². The second-order valence-electron chi connectivity index (χ2n) is 4.81. The zero-order valence-corrected chi connectivity index (χ0v) is 11.9. The molecule has 0 spiro atoms. The molecule has 0 unspecified atom stereocenters. The van der Waals surface area contributed by atoms with Crippen molar-refractivity contribution in [3.8, 4) is 0 Å². The average molecular weight is 299 g/mol. The largest absolute Gasteiger partial charge is 0.318 e. The molecule has 0 aliphatic carbocycles. The van der Waals surface area contributed by atoms with E-state index in [1.54, 1.807) is 48.4 Å². The Morgan fingerprint density at radius 1 is 1.27 bits per heavy atom. The highest BCUT2D eigenvalue weighted by Crippen LogP contribution is 2.12. The number of amides is 1. The van der Waals surface area contributed by atoms with Gasteiger partial charge in [-0.15, -0.1) is 0 Å². The number of carbonyl (C=O) groups is 1. The standard InChI is InChI=1S/C15H14FN5O/c1-20-14(6-7-17-20)15(22)19-12-8-18-21(10-12)9-11-4-2-3-5-13(11)16/h2-8,10H,9H2,1H3,(H,19,22). The molecule has 2 heterocycles. The number of aryl methyl sites for hydroxylation is 1. The Labute approximate surface area is 126 Å². The lowest BCUT2D eigenvalue weighted by atomic mass is 10.2. The van der Waals surface area contributed by atoms with Crippen molar-refractivity contribution in [3.05, 3.63) is 66.0 Å². The van der Waals surface area contributed by atoms with Gasteiger partial charge in [-0.1, -0.05) is 18.2 Å². The summed E-state index contributed by atoms with van der Waals surface area (Å²) in [5.41, 5.74) is 1.53. The Kier molecular flexibility index (Phi) is 3.69. The van der Waals surface area contributed by atoms with Crippen LogP contribution in [0.1, 0.15) is 16.1 Å². The zero-order chi connectivity index (χ0) is 15.5. The number of anilines is 1. The zero-order valence-electron chi connectivity index (χ0n) is 11.9. The fourth-order valence-corrected chi connectivity index (χ4v) is 2.11. The van der Waals surface area contributed by atoms with E-state index in [9.17, 15) is 9.18 Å². The van der Waals surface area contributed by atoms with Crippen LogP contribution in [-0.2, 0) is 13.6 Å². The van der Waals surface area contributed by atoms with Crippen molar-refractivity contribution < 1.29 is 9.18 Å². The summed E-state index contributed by atoms with van der Waals surface area (Å²) in [7, 11) is 1.69. The second-order valence-corrected chi connectivity index (χ2v) is 4.81. The van der Waals surface area contributed by atoms with Crippen molar-refractivity contribution in [3.63, 3.8) is 0 Å². The molecule has 0 bridgehead atoms. The Hall–Kier alpha value is -2.96. The summed E-state index contributed by atoms with van der Waals surface area (Å²) in [6.45, 7) is 0.300. The van der Waals surface area contributed by atoms with Crippen molar-refractivity contribution in [2.45, 2.75) is 6.54 Å². The van der Waals surface area contributed by atoms with Crippen LogP contribution in [0.5, 0.6) is 0 Å². The highest BCUT2D eigenvalue weighted by Gasteiger charge is 2.11. The Balaban J connectivity index is 1.70. The summed E-state index contributed by atoms with van der Waals surface area (Å²) in [5.74, 6) is -0.552. The van der Waals surface area contributed by atoms with E-state index in [0.717, 1.165) is 0 Å². The number of aromatic nitrogens is 4. The molecule has 22 heavy (non-hydrogen) atoms. The molecule has 1 amide bonds. The van der Waals surface area contributed by atoms with Crippen molar-refractivity contribution in [1.29, 1.82) is 0 Å². The highest BCUT2D eigenvalue weighted by molar-refractivity contribution is 6.02. The SMILES string of the molecule is Cn1nccc1C(=O)Nc1cnn(Cc2ccccc2F)c1. The molecule has 0 fully saturated rings. The van der Waals surface area contributed by atoms with Gasteiger partial charge in [0.05, 0.1) is 18.4 Å². The van der Waals surface area contributed by atoms with Gasteiger partial charge < -0.3 is 5.32 Å². The van der Waals surface area contributed by atoms with Crippen molar-refractivity contribution >= 4 is 11.6 Å². The van der Waals surface area contributed by atoms with Crippen LogP contribution in [-0.4, -0.2) is 25.5 Å². The van der Waals surface area contributed by atoms with Gasteiger partial charge in [-0.3, -0.25) is 14.2 Å². The minimum atomic E-state index is -0.279. The third-order valence-corrected chi connectivity index (χ3v) is 3.23. The molecule has 3 aromatic rings. The summed E-state index contributed by atoms with van der Waals surface area (Å²) >= 11 is 0. The molecular weight excluding hydrogens is 285 g/mol. The number of rotatable bonds is 4. The van der Waals surface area contributed by atoms with Crippen LogP contribution in [0.4, 0.5) is 10.1 Å². The summed E-state index contributed by atoms with van der Waals surface area (Å²) < 4.78 is 16.7. The van der Waals surface area contributed by atoms with Gasteiger partial charge >= 0.3 is 0 Å². The first-order chi connectivity index (χ1) is 10.6. The first-order valence-electron chi connectivity index (χ1n) is 6.69. The van der Waals surface area contributed by atoms with Crippen LogP contribution in [0.25, 0.3) is 0 Å². The van der Waals surface area contributed by atoms with E-state index in [1.165, 1.54) is 16.9 Å². The fraction of sp³-hybridized carbons (Fsp3) is 0.133. The highest BCUT2D eigenvalue weighted by atomic mass is 19.1.